The summed E-state index contributed by atoms with van der Waals surface area (Å²) in [5, 5.41) is 0. The zero-order chi connectivity index (χ0) is 14.1. The van der Waals surface area contributed by atoms with Crippen molar-refractivity contribution in [2.24, 2.45) is 0 Å². The van der Waals surface area contributed by atoms with Crippen molar-refractivity contribution in [1.82, 2.24) is 9.80 Å². The third kappa shape index (κ3) is 2.64. The first-order valence-corrected chi connectivity index (χ1v) is 8.98. The van der Waals surface area contributed by atoms with E-state index in [-0.39, 0.29) is 0 Å². The number of fused-ring (bicyclic) bond motifs is 1. The molecule has 3 fully saturated rings. The summed E-state index contributed by atoms with van der Waals surface area (Å²) in [7, 11) is 0. The normalized spacial score (nSPS) is 34.8. The Morgan fingerprint density at radius 1 is 0.762 bits per heavy atom. The lowest BCUT2D eigenvalue weighted by Crippen LogP contribution is -2.48. The SMILES string of the molecule is c1ccc(C2CC(N3CCCCC3)C3CCCCN23)cc1. The van der Waals surface area contributed by atoms with E-state index in [0.29, 0.717) is 6.04 Å². The molecule has 114 valence electrons. The molecule has 0 spiro atoms. The van der Waals surface area contributed by atoms with Crippen molar-refractivity contribution < 1.29 is 0 Å². The molecule has 3 atom stereocenters. The van der Waals surface area contributed by atoms with E-state index in [1.807, 2.05) is 0 Å². The summed E-state index contributed by atoms with van der Waals surface area (Å²) < 4.78 is 0. The Labute approximate surface area is 129 Å². The van der Waals surface area contributed by atoms with Crippen molar-refractivity contribution in [1.29, 1.82) is 0 Å². The minimum absolute atomic E-state index is 0.670. The van der Waals surface area contributed by atoms with Crippen LogP contribution in [0.5, 0.6) is 0 Å². The first-order chi connectivity index (χ1) is 10.4. The van der Waals surface area contributed by atoms with Gasteiger partial charge in [0, 0.05) is 18.1 Å². The average Bonchev–Trinajstić information content (AvgIpc) is 2.96. The molecule has 0 radical (unpaired) electrons. The molecular weight excluding hydrogens is 256 g/mol. The number of rotatable bonds is 2. The molecule has 0 aromatic heterocycles. The minimum Gasteiger partial charge on any atom is -0.299 e. The zero-order valence-corrected chi connectivity index (χ0v) is 13.1. The van der Waals surface area contributed by atoms with Crippen LogP contribution in [0.3, 0.4) is 0 Å². The quantitative estimate of drug-likeness (QED) is 0.814. The molecule has 0 aliphatic carbocycles. The molecule has 4 rings (SSSR count). The smallest absolute Gasteiger partial charge is 0.0367 e. The van der Waals surface area contributed by atoms with E-state index in [0.717, 1.165) is 12.1 Å². The molecule has 1 aromatic rings. The van der Waals surface area contributed by atoms with E-state index >= 15 is 0 Å². The fraction of sp³-hybridized carbons (Fsp3) is 0.684. The Morgan fingerprint density at radius 2 is 1.52 bits per heavy atom. The Morgan fingerprint density at radius 3 is 2.33 bits per heavy atom. The van der Waals surface area contributed by atoms with Crippen molar-refractivity contribution in [2.75, 3.05) is 19.6 Å². The molecule has 1 aromatic carbocycles. The number of likely N-dealkylation sites (tertiary alicyclic amines) is 1. The van der Waals surface area contributed by atoms with Gasteiger partial charge >= 0.3 is 0 Å². The van der Waals surface area contributed by atoms with Crippen LogP contribution in [0, 0.1) is 0 Å². The molecule has 3 unspecified atom stereocenters. The maximum absolute atomic E-state index is 2.85. The van der Waals surface area contributed by atoms with Crippen molar-refractivity contribution >= 4 is 0 Å². The number of nitrogens with zero attached hydrogens (tertiary/aromatic N) is 2. The highest BCUT2D eigenvalue weighted by molar-refractivity contribution is 5.22. The number of piperidine rings is 2. The van der Waals surface area contributed by atoms with Crippen molar-refractivity contribution in [2.45, 2.75) is 63.1 Å². The van der Waals surface area contributed by atoms with Crippen molar-refractivity contribution in [3.8, 4) is 0 Å². The second-order valence-electron chi connectivity index (χ2n) is 7.13. The summed E-state index contributed by atoms with van der Waals surface area (Å²) in [5.41, 5.74) is 1.55. The largest absolute Gasteiger partial charge is 0.299 e. The second kappa shape index (κ2) is 6.10. The van der Waals surface area contributed by atoms with Gasteiger partial charge < -0.3 is 0 Å². The first-order valence-electron chi connectivity index (χ1n) is 8.98. The highest BCUT2D eigenvalue weighted by Crippen LogP contribution is 2.43. The molecule has 3 heterocycles. The van der Waals surface area contributed by atoms with Gasteiger partial charge in [-0.25, -0.2) is 0 Å². The zero-order valence-electron chi connectivity index (χ0n) is 13.1. The average molecular weight is 284 g/mol. The Balaban J connectivity index is 1.58. The summed E-state index contributed by atoms with van der Waals surface area (Å²) in [6.07, 6.45) is 9.89. The monoisotopic (exact) mass is 284 g/mol. The minimum atomic E-state index is 0.670. The summed E-state index contributed by atoms with van der Waals surface area (Å²) in [4.78, 5) is 5.67. The van der Waals surface area contributed by atoms with Gasteiger partial charge in [0.05, 0.1) is 0 Å². The van der Waals surface area contributed by atoms with Crippen LogP contribution in [0.4, 0.5) is 0 Å². The van der Waals surface area contributed by atoms with Crippen LogP contribution < -0.4 is 0 Å². The fourth-order valence-corrected chi connectivity index (χ4v) is 4.95. The Kier molecular flexibility index (Phi) is 4.00. The summed E-state index contributed by atoms with van der Waals surface area (Å²) in [6.45, 7) is 4.00. The van der Waals surface area contributed by atoms with E-state index in [1.165, 1.54) is 64.6 Å². The van der Waals surface area contributed by atoms with E-state index in [2.05, 4.69) is 40.1 Å². The maximum atomic E-state index is 2.85. The molecule has 2 nitrogen and oxygen atoms in total. The topological polar surface area (TPSA) is 6.48 Å². The van der Waals surface area contributed by atoms with E-state index in [4.69, 9.17) is 0 Å². The van der Waals surface area contributed by atoms with Crippen LogP contribution in [0.1, 0.15) is 56.6 Å². The highest BCUT2D eigenvalue weighted by Gasteiger charge is 2.44. The van der Waals surface area contributed by atoms with E-state index in [1.54, 1.807) is 5.56 Å². The molecule has 3 aliphatic heterocycles. The van der Waals surface area contributed by atoms with Crippen LogP contribution in [-0.2, 0) is 0 Å². The van der Waals surface area contributed by atoms with Crippen LogP contribution in [-0.4, -0.2) is 41.5 Å². The third-order valence-electron chi connectivity index (χ3n) is 5.95. The summed E-state index contributed by atoms with van der Waals surface area (Å²) in [5.74, 6) is 0. The molecule has 0 N–H and O–H groups in total. The molecular formula is C19H28N2. The van der Waals surface area contributed by atoms with Gasteiger partial charge in [-0.2, -0.15) is 0 Å². The summed E-state index contributed by atoms with van der Waals surface area (Å²) >= 11 is 0. The first kappa shape index (κ1) is 13.8. The van der Waals surface area contributed by atoms with Gasteiger partial charge in [0.2, 0.25) is 0 Å². The third-order valence-corrected chi connectivity index (χ3v) is 5.95. The molecule has 0 saturated carbocycles. The Hall–Kier alpha value is -0.860. The number of hydrogen-bond donors (Lipinski definition) is 0. The van der Waals surface area contributed by atoms with Gasteiger partial charge in [-0.15, -0.1) is 0 Å². The standard InChI is InChI=1S/C19H28N2/c1-3-9-16(10-4-1)18-15-19(20-12-6-2-7-13-20)17-11-5-8-14-21(17)18/h1,3-4,9-10,17-19H,2,5-8,11-15H2. The molecule has 0 bridgehead atoms. The summed E-state index contributed by atoms with van der Waals surface area (Å²) in [6, 6.07) is 13.6. The van der Waals surface area contributed by atoms with Crippen LogP contribution in [0.25, 0.3) is 0 Å². The Bertz CT molecular complexity index is 452. The lowest BCUT2D eigenvalue weighted by atomic mass is 9.96. The van der Waals surface area contributed by atoms with E-state index in [9.17, 15) is 0 Å². The van der Waals surface area contributed by atoms with Gasteiger partial charge in [-0.05, 0) is 57.3 Å². The fourth-order valence-electron chi connectivity index (χ4n) is 4.95. The van der Waals surface area contributed by atoms with Gasteiger partial charge in [-0.1, -0.05) is 43.2 Å². The van der Waals surface area contributed by atoms with Crippen LogP contribution in [0.2, 0.25) is 0 Å². The molecule has 2 heteroatoms. The lowest BCUT2D eigenvalue weighted by molar-refractivity contribution is 0.0894. The van der Waals surface area contributed by atoms with Gasteiger partial charge in [0.25, 0.3) is 0 Å². The number of hydrogen-bond acceptors (Lipinski definition) is 2. The lowest BCUT2D eigenvalue weighted by Gasteiger charge is -2.40. The van der Waals surface area contributed by atoms with E-state index < -0.39 is 0 Å². The number of benzene rings is 1. The predicted octanol–water partition coefficient (Wildman–Crippen LogP) is 3.84. The van der Waals surface area contributed by atoms with Crippen LogP contribution in [0.15, 0.2) is 30.3 Å². The second-order valence-corrected chi connectivity index (χ2v) is 7.13. The predicted molar refractivity (Wildman–Crippen MR) is 87.4 cm³/mol. The molecule has 3 aliphatic rings. The maximum Gasteiger partial charge on any atom is 0.0367 e. The van der Waals surface area contributed by atoms with Gasteiger partial charge in [-0.3, -0.25) is 9.80 Å². The van der Waals surface area contributed by atoms with Gasteiger partial charge in [0.1, 0.15) is 0 Å². The van der Waals surface area contributed by atoms with Crippen LogP contribution >= 0.6 is 0 Å². The van der Waals surface area contributed by atoms with Crippen molar-refractivity contribution in [3.05, 3.63) is 35.9 Å². The molecule has 21 heavy (non-hydrogen) atoms. The molecule has 3 saturated heterocycles. The molecule has 0 amide bonds. The highest BCUT2D eigenvalue weighted by atomic mass is 15.3. The van der Waals surface area contributed by atoms with Crippen molar-refractivity contribution in [3.63, 3.8) is 0 Å². The van der Waals surface area contributed by atoms with Gasteiger partial charge in [0.15, 0.2) is 0 Å².